The molecule has 0 saturated heterocycles. The van der Waals surface area contributed by atoms with E-state index in [1.807, 2.05) is 0 Å². The number of nitrogens with two attached hydrogens (primary N) is 1. The van der Waals surface area contributed by atoms with E-state index in [1.54, 1.807) is 0 Å². The lowest BCUT2D eigenvalue weighted by Crippen LogP contribution is -2.33. The van der Waals surface area contributed by atoms with Gasteiger partial charge in [0.1, 0.15) is 19.3 Å². The van der Waals surface area contributed by atoms with Gasteiger partial charge in [0.05, 0.1) is 13.5 Å². The number of carboxylic acids is 1. The Morgan fingerprint density at radius 3 is 2.20 bits per heavy atom. The molecule has 0 aliphatic carbocycles. The van der Waals surface area contributed by atoms with Crippen molar-refractivity contribution in [3.05, 3.63) is 12.2 Å². The summed E-state index contributed by atoms with van der Waals surface area (Å²) in [5.41, 5.74) is 5.11. The first-order valence-electron chi connectivity index (χ1n) is 5.43. The van der Waals surface area contributed by atoms with Gasteiger partial charge in [0.15, 0.2) is 0 Å². The van der Waals surface area contributed by atoms with Crippen LogP contribution >= 0.6 is 0 Å². The van der Waals surface area contributed by atoms with Crippen LogP contribution in [0.15, 0.2) is 12.2 Å². The fraction of sp³-hybridized carbons (Fsp3) is 0.455. The molecule has 9 nitrogen and oxygen atoms in total. The summed E-state index contributed by atoms with van der Waals surface area (Å²) in [7, 11) is 1.15. The van der Waals surface area contributed by atoms with Crippen LogP contribution in [0, 0.1) is 0 Å². The monoisotopic (exact) mass is 289 g/mol. The number of methoxy groups -OCH3 is 1. The molecule has 0 aliphatic heterocycles. The van der Waals surface area contributed by atoms with E-state index < -0.39 is 36.3 Å². The van der Waals surface area contributed by atoms with Crippen LogP contribution in [0.1, 0.15) is 6.42 Å². The molecule has 0 heterocycles. The third-order valence-electron chi connectivity index (χ3n) is 1.85. The van der Waals surface area contributed by atoms with E-state index in [2.05, 4.69) is 14.2 Å². The highest BCUT2D eigenvalue weighted by atomic mass is 16.6. The van der Waals surface area contributed by atoms with Crippen LogP contribution in [-0.2, 0) is 33.4 Å². The van der Waals surface area contributed by atoms with Gasteiger partial charge in [0.2, 0.25) is 0 Å². The number of aliphatic carboxylic acids is 1. The molecule has 0 unspecified atom stereocenters. The standard InChI is InChI=1S/C11H15NO8/c1-18-8(13)2-3-9(14)19-4-5-20-10(15)6-7(12)11(16)17/h2-3,7H,4-6,12H2,1H3,(H,16,17)/b3-2+/t7-/m0/s1. The Labute approximate surface area is 114 Å². The molecule has 0 aromatic heterocycles. The predicted octanol–water partition coefficient (Wildman–Crippen LogP) is -1.40. The number of ether oxygens (including phenoxy) is 3. The third-order valence-corrected chi connectivity index (χ3v) is 1.85. The van der Waals surface area contributed by atoms with Crippen molar-refractivity contribution < 1.29 is 38.5 Å². The zero-order valence-corrected chi connectivity index (χ0v) is 10.7. The molecule has 1 atom stereocenters. The lowest BCUT2D eigenvalue weighted by atomic mass is 10.2. The first kappa shape index (κ1) is 17.6. The van der Waals surface area contributed by atoms with Crippen LogP contribution in [0.25, 0.3) is 0 Å². The highest BCUT2D eigenvalue weighted by molar-refractivity contribution is 5.91. The van der Waals surface area contributed by atoms with Gasteiger partial charge in [-0.2, -0.15) is 0 Å². The molecule has 0 spiro atoms. The van der Waals surface area contributed by atoms with Gasteiger partial charge in [0, 0.05) is 12.2 Å². The van der Waals surface area contributed by atoms with Crippen LogP contribution in [0.4, 0.5) is 0 Å². The Morgan fingerprint density at radius 1 is 1.10 bits per heavy atom. The number of carbonyl (C=O) groups is 4. The van der Waals surface area contributed by atoms with Crippen molar-refractivity contribution in [1.29, 1.82) is 0 Å². The second kappa shape index (κ2) is 9.50. The van der Waals surface area contributed by atoms with Crippen LogP contribution in [0.2, 0.25) is 0 Å². The van der Waals surface area contributed by atoms with Crippen molar-refractivity contribution in [3.8, 4) is 0 Å². The second-order valence-corrected chi connectivity index (χ2v) is 3.39. The molecule has 0 radical (unpaired) electrons. The van der Waals surface area contributed by atoms with E-state index >= 15 is 0 Å². The summed E-state index contributed by atoms with van der Waals surface area (Å²) < 4.78 is 13.4. The zero-order valence-electron chi connectivity index (χ0n) is 10.7. The number of carbonyl (C=O) groups excluding carboxylic acids is 3. The van der Waals surface area contributed by atoms with Crippen molar-refractivity contribution in [1.82, 2.24) is 0 Å². The maximum Gasteiger partial charge on any atom is 0.331 e. The van der Waals surface area contributed by atoms with E-state index in [4.69, 9.17) is 10.8 Å². The Balaban J connectivity index is 3.78. The molecule has 0 fully saturated rings. The van der Waals surface area contributed by atoms with Gasteiger partial charge in [-0.3, -0.25) is 9.59 Å². The minimum absolute atomic E-state index is 0.238. The lowest BCUT2D eigenvalue weighted by molar-refractivity contribution is -0.152. The first-order chi connectivity index (χ1) is 9.36. The molecule has 0 bridgehead atoms. The molecule has 0 saturated carbocycles. The van der Waals surface area contributed by atoms with Crippen molar-refractivity contribution in [2.45, 2.75) is 12.5 Å². The topological polar surface area (TPSA) is 142 Å². The van der Waals surface area contributed by atoms with Gasteiger partial charge in [-0.25, -0.2) is 9.59 Å². The van der Waals surface area contributed by atoms with Gasteiger partial charge in [-0.15, -0.1) is 0 Å². The summed E-state index contributed by atoms with van der Waals surface area (Å²) >= 11 is 0. The van der Waals surface area contributed by atoms with E-state index in [0.717, 1.165) is 19.3 Å². The number of hydrogen-bond donors (Lipinski definition) is 2. The largest absolute Gasteiger partial charge is 0.480 e. The highest BCUT2D eigenvalue weighted by Crippen LogP contribution is 1.93. The van der Waals surface area contributed by atoms with Crippen LogP contribution in [0.3, 0.4) is 0 Å². The maximum absolute atomic E-state index is 11.1. The van der Waals surface area contributed by atoms with E-state index in [-0.39, 0.29) is 13.2 Å². The molecule has 20 heavy (non-hydrogen) atoms. The summed E-state index contributed by atoms with van der Waals surface area (Å²) in [6.45, 7) is -0.485. The van der Waals surface area contributed by atoms with Gasteiger partial charge in [-0.1, -0.05) is 0 Å². The average molecular weight is 289 g/mol. The fourth-order valence-electron chi connectivity index (χ4n) is 0.876. The molecule has 0 aromatic rings. The smallest absolute Gasteiger partial charge is 0.331 e. The van der Waals surface area contributed by atoms with Crippen molar-refractivity contribution in [3.63, 3.8) is 0 Å². The zero-order chi connectivity index (χ0) is 15.5. The second-order valence-electron chi connectivity index (χ2n) is 3.39. The number of rotatable bonds is 8. The molecular weight excluding hydrogens is 274 g/mol. The Bertz CT molecular complexity index is 403. The van der Waals surface area contributed by atoms with Crippen molar-refractivity contribution in [2.24, 2.45) is 5.73 Å². The van der Waals surface area contributed by atoms with E-state index in [9.17, 15) is 19.2 Å². The Hall–Kier alpha value is -2.42. The number of esters is 3. The molecule has 9 heteroatoms. The fourth-order valence-corrected chi connectivity index (χ4v) is 0.876. The van der Waals surface area contributed by atoms with Gasteiger partial charge in [-0.05, 0) is 0 Å². The molecule has 0 amide bonds. The Morgan fingerprint density at radius 2 is 1.65 bits per heavy atom. The van der Waals surface area contributed by atoms with Crippen LogP contribution < -0.4 is 5.73 Å². The normalized spacial score (nSPS) is 11.7. The summed E-state index contributed by atoms with van der Waals surface area (Å²) in [5, 5.41) is 8.45. The summed E-state index contributed by atoms with van der Waals surface area (Å²) in [6, 6.07) is -1.34. The minimum atomic E-state index is -1.34. The summed E-state index contributed by atoms with van der Waals surface area (Å²) in [6.07, 6.45) is 1.25. The maximum atomic E-state index is 11.1. The molecule has 0 aliphatic rings. The third kappa shape index (κ3) is 8.64. The number of carboxylic acid groups (broad SMARTS) is 1. The first-order valence-corrected chi connectivity index (χ1v) is 5.43. The SMILES string of the molecule is COC(=O)/C=C/C(=O)OCCOC(=O)C[C@H](N)C(=O)O. The van der Waals surface area contributed by atoms with Crippen LogP contribution in [0.5, 0.6) is 0 Å². The van der Waals surface area contributed by atoms with Crippen molar-refractivity contribution >= 4 is 23.9 Å². The molecule has 112 valence electrons. The Kier molecular flexibility index (Phi) is 8.35. The molecule has 0 rings (SSSR count). The highest BCUT2D eigenvalue weighted by Gasteiger charge is 2.17. The average Bonchev–Trinajstić information content (AvgIpc) is 2.40. The van der Waals surface area contributed by atoms with E-state index in [0.29, 0.717) is 0 Å². The predicted molar refractivity (Wildman–Crippen MR) is 63.3 cm³/mol. The van der Waals surface area contributed by atoms with Crippen molar-refractivity contribution in [2.75, 3.05) is 20.3 Å². The molecule has 0 aromatic carbocycles. The van der Waals surface area contributed by atoms with Gasteiger partial charge in [0.25, 0.3) is 0 Å². The van der Waals surface area contributed by atoms with Crippen LogP contribution in [-0.4, -0.2) is 55.3 Å². The minimum Gasteiger partial charge on any atom is -0.480 e. The lowest BCUT2D eigenvalue weighted by Gasteiger charge is -2.07. The molecular formula is C11H15NO8. The van der Waals surface area contributed by atoms with Gasteiger partial charge >= 0.3 is 23.9 Å². The quantitative estimate of drug-likeness (QED) is 0.239. The molecule has 3 N–H and O–H groups in total. The summed E-state index contributed by atoms with van der Waals surface area (Å²) in [4.78, 5) is 43.1. The van der Waals surface area contributed by atoms with Gasteiger partial charge < -0.3 is 25.1 Å². The van der Waals surface area contributed by atoms with E-state index in [1.165, 1.54) is 0 Å². The summed E-state index contributed by atoms with van der Waals surface area (Å²) in [5.74, 6) is -3.66. The number of hydrogen-bond acceptors (Lipinski definition) is 8.